The Morgan fingerprint density at radius 1 is 1.33 bits per heavy atom. The Morgan fingerprint density at radius 3 is 2.27 bits per heavy atom. The lowest BCUT2D eigenvalue weighted by molar-refractivity contribution is -0.138. The van der Waals surface area contributed by atoms with Gasteiger partial charge >= 0.3 is 6.18 Å². The molecule has 0 unspecified atom stereocenters. The van der Waals surface area contributed by atoms with Crippen molar-refractivity contribution in [3.63, 3.8) is 0 Å². The molecule has 1 aromatic rings. The number of nitrogens with zero attached hydrogens (tertiary/aromatic N) is 1. The number of carbonyl (C=O) groups excluding carboxylic acids is 1. The van der Waals surface area contributed by atoms with Gasteiger partial charge in [-0.25, -0.2) is 0 Å². The van der Waals surface area contributed by atoms with E-state index in [-0.39, 0.29) is 17.0 Å². The van der Waals surface area contributed by atoms with Crippen LogP contribution in [0, 0.1) is 13.8 Å². The highest BCUT2D eigenvalue weighted by Crippen LogP contribution is 2.32. The predicted octanol–water partition coefficient (Wildman–Crippen LogP) is 2.79. The summed E-state index contributed by atoms with van der Waals surface area (Å²) in [6.07, 6.45) is -4.50. The minimum Gasteiger partial charge on any atom is -0.282 e. The second-order valence-electron chi connectivity index (χ2n) is 3.06. The number of halogens is 3. The third kappa shape index (κ3) is 2.50. The Balaban J connectivity index is 3.43. The molecule has 0 saturated heterocycles. The van der Waals surface area contributed by atoms with Gasteiger partial charge in [0.05, 0.1) is 11.1 Å². The molecule has 0 atom stereocenters. The van der Waals surface area contributed by atoms with Gasteiger partial charge in [-0.3, -0.25) is 9.78 Å². The maximum Gasteiger partial charge on any atom is 0.418 e. The van der Waals surface area contributed by atoms with Crippen molar-refractivity contribution < 1.29 is 18.0 Å². The molecular weight excluding hydrogens is 227 g/mol. The Kier molecular flexibility index (Phi) is 3.08. The van der Waals surface area contributed by atoms with Crippen molar-refractivity contribution in [2.75, 3.05) is 0 Å². The highest BCUT2D eigenvalue weighted by molar-refractivity contribution is 7.97. The van der Waals surface area contributed by atoms with Gasteiger partial charge in [-0.15, -0.1) is 12.6 Å². The summed E-state index contributed by atoms with van der Waals surface area (Å²) in [7, 11) is 0. The predicted molar refractivity (Wildman–Crippen MR) is 52.0 cm³/mol. The molecule has 15 heavy (non-hydrogen) atoms. The monoisotopic (exact) mass is 235 g/mol. The van der Waals surface area contributed by atoms with Crippen LogP contribution in [0.2, 0.25) is 0 Å². The van der Waals surface area contributed by atoms with E-state index in [1.165, 1.54) is 13.8 Å². The lowest BCUT2D eigenvalue weighted by Crippen LogP contribution is -2.12. The molecule has 0 aliphatic rings. The molecule has 1 aromatic heterocycles. The molecule has 1 rings (SSSR count). The zero-order valence-corrected chi connectivity index (χ0v) is 8.91. The van der Waals surface area contributed by atoms with Crippen LogP contribution in [0.4, 0.5) is 13.2 Å². The summed E-state index contributed by atoms with van der Waals surface area (Å²) in [5, 5.41) is -0.717. The SMILES string of the molecule is Cc1nc(C)c(C(F)(F)F)cc1C(=O)S. The Labute approximate surface area is 89.9 Å². The van der Waals surface area contributed by atoms with Crippen LogP contribution in [-0.2, 0) is 6.18 Å². The van der Waals surface area contributed by atoms with Gasteiger partial charge in [0.25, 0.3) is 0 Å². The third-order valence-corrected chi connectivity index (χ3v) is 2.18. The largest absolute Gasteiger partial charge is 0.418 e. The molecule has 0 aromatic carbocycles. The minimum atomic E-state index is -4.50. The number of aryl methyl sites for hydroxylation is 2. The fourth-order valence-corrected chi connectivity index (χ4v) is 1.46. The van der Waals surface area contributed by atoms with E-state index in [2.05, 4.69) is 17.6 Å². The number of pyridine rings is 1. The molecule has 0 spiro atoms. The van der Waals surface area contributed by atoms with Crippen LogP contribution >= 0.6 is 12.6 Å². The van der Waals surface area contributed by atoms with Gasteiger partial charge in [0.15, 0.2) is 0 Å². The van der Waals surface area contributed by atoms with Gasteiger partial charge in [-0.05, 0) is 19.9 Å². The quantitative estimate of drug-likeness (QED) is 0.758. The van der Waals surface area contributed by atoms with Gasteiger partial charge in [-0.1, -0.05) is 0 Å². The Hall–Kier alpha value is -1.04. The standard InChI is InChI=1S/C9H8F3NOS/c1-4-6(8(14)15)3-7(5(2)13-4)9(10,11)12/h3H,1-2H3,(H,14,15). The van der Waals surface area contributed by atoms with Crippen molar-refractivity contribution in [3.05, 3.63) is 28.6 Å². The number of hydrogen-bond donors (Lipinski definition) is 1. The molecule has 0 bridgehead atoms. The van der Waals surface area contributed by atoms with Gasteiger partial charge in [0.2, 0.25) is 5.12 Å². The molecule has 0 radical (unpaired) electrons. The first kappa shape index (κ1) is 12.0. The third-order valence-electron chi connectivity index (χ3n) is 1.94. The molecule has 0 fully saturated rings. The number of alkyl halides is 3. The van der Waals surface area contributed by atoms with E-state index in [0.29, 0.717) is 0 Å². The van der Waals surface area contributed by atoms with Crippen LogP contribution in [0.1, 0.15) is 27.3 Å². The fraction of sp³-hybridized carbons (Fsp3) is 0.333. The molecule has 6 heteroatoms. The topological polar surface area (TPSA) is 30.0 Å². The zero-order valence-electron chi connectivity index (χ0n) is 8.01. The maximum atomic E-state index is 12.4. The summed E-state index contributed by atoms with van der Waals surface area (Å²) in [6.45, 7) is 2.72. The number of carbonyl (C=O) groups is 1. The van der Waals surface area contributed by atoms with E-state index in [4.69, 9.17) is 0 Å². The summed E-state index contributed by atoms with van der Waals surface area (Å²) in [5.74, 6) is 0. The van der Waals surface area contributed by atoms with E-state index in [1.807, 2.05) is 0 Å². The highest BCUT2D eigenvalue weighted by Gasteiger charge is 2.34. The van der Waals surface area contributed by atoms with Crippen LogP contribution in [0.3, 0.4) is 0 Å². The van der Waals surface area contributed by atoms with Crippen molar-refractivity contribution in [3.8, 4) is 0 Å². The maximum absolute atomic E-state index is 12.4. The average molecular weight is 235 g/mol. The summed E-state index contributed by atoms with van der Waals surface area (Å²) in [6, 6.07) is 0.785. The molecule has 0 saturated carbocycles. The van der Waals surface area contributed by atoms with Crippen LogP contribution in [0.25, 0.3) is 0 Å². The van der Waals surface area contributed by atoms with Crippen molar-refractivity contribution in [2.24, 2.45) is 0 Å². The van der Waals surface area contributed by atoms with E-state index in [0.717, 1.165) is 6.07 Å². The normalized spacial score (nSPS) is 11.6. The zero-order chi connectivity index (χ0) is 11.8. The first-order valence-corrected chi connectivity index (χ1v) is 4.47. The lowest BCUT2D eigenvalue weighted by Gasteiger charge is -2.11. The second kappa shape index (κ2) is 3.84. The molecule has 82 valence electrons. The smallest absolute Gasteiger partial charge is 0.282 e. The summed E-state index contributed by atoms with van der Waals surface area (Å²) in [4.78, 5) is 14.6. The summed E-state index contributed by atoms with van der Waals surface area (Å²) in [5.41, 5.74) is -0.902. The number of rotatable bonds is 1. The van der Waals surface area contributed by atoms with E-state index in [9.17, 15) is 18.0 Å². The van der Waals surface area contributed by atoms with Gasteiger partial charge in [-0.2, -0.15) is 13.2 Å². The molecule has 2 nitrogen and oxygen atoms in total. The second-order valence-corrected chi connectivity index (χ2v) is 3.46. The summed E-state index contributed by atoms with van der Waals surface area (Å²) < 4.78 is 37.3. The minimum absolute atomic E-state index is 0.115. The van der Waals surface area contributed by atoms with Crippen LogP contribution in [0.5, 0.6) is 0 Å². The summed E-state index contributed by atoms with van der Waals surface area (Å²) >= 11 is 3.49. The number of aromatic nitrogens is 1. The first-order valence-electron chi connectivity index (χ1n) is 4.02. The fourth-order valence-electron chi connectivity index (χ4n) is 1.23. The van der Waals surface area contributed by atoms with Gasteiger partial charge < -0.3 is 0 Å². The van der Waals surface area contributed by atoms with Crippen molar-refractivity contribution in [2.45, 2.75) is 20.0 Å². The lowest BCUT2D eigenvalue weighted by atomic mass is 10.1. The van der Waals surface area contributed by atoms with Crippen molar-refractivity contribution in [1.29, 1.82) is 0 Å². The molecule has 0 aliphatic carbocycles. The van der Waals surface area contributed by atoms with Crippen LogP contribution in [0.15, 0.2) is 6.07 Å². The van der Waals surface area contributed by atoms with Crippen LogP contribution in [-0.4, -0.2) is 10.1 Å². The Bertz CT molecular complexity index is 415. The molecular formula is C9H8F3NOS. The van der Waals surface area contributed by atoms with Crippen LogP contribution < -0.4 is 0 Å². The van der Waals surface area contributed by atoms with Crippen molar-refractivity contribution >= 4 is 17.7 Å². The molecule has 0 amide bonds. The highest BCUT2D eigenvalue weighted by atomic mass is 32.1. The average Bonchev–Trinajstić information content (AvgIpc) is 2.00. The van der Waals surface area contributed by atoms with Gasteiger partial charge in [0.1, 0.15) is 0 Å². The van der Waals surface area contributed by atoms with Crippen molar-refractivity contribution in [1.82, 2.24) is 4.98 Å². The Morgan fingerprint density at radius 2 is 1.87 bits per heavy atom. The molecule has 0 aliphatic heterocycles. The number of hydrogen-bond acceptors (Lipinski definition) is 2. The van der Waals surface area contributed by atoms with Gasteiger partial charge in [0, 0.05) is 11.4 Å². The van der Waals surface area contributed by atoms with E-state index < -0.39 is 16.9 Å². The first-order chi connectivity index (χ1) is 6.73. The van der Waals surface area contributed by atoms with E-state index >= 15 is 0 Å². The van der Waals surface area contributed by atoms with E-state index in [1.54, 1.807) is 0 Å². The number of thiol groups is 1. The molecule has 0 N–H and O–H groups in total. The molecule has 1 heterocycles.